The number of rotatable bonds is 6. The molecule has 0 spiro atoms. The third-order valence-electron chi connectivity index (χ3n) is 5.28. The number of hydrogen-bond donors (Lipinski definition) is 1. The number of carbonyl (C=O) groups is 1. The van der Waals surface area contributed by atoms with Crippen molar-refractivity contribution in [3.05, 3.63) is 90.3 Å². The van der Waals surface area contributed by atoms with Crippen LogP contribution in [0, 0.1) is 0 Å². The van der Waals surface area contributed by atoms with Crippen LogP contribution >= 0.6 is 0 Å². The summed E-state index contributed by atoms with van der Waals surface area (Å²) >= 11 is 0. The molecule has 2 aromatic carbocycles. The molecule has 1 saturated heterocycles. The fourth-order valence-corrected chi connectivity index (χ4v) is 3.97. The van der Waals surface area contributed by atoms with Crippen molar-refractivity contribution in [1.29, 1.82) is 0 Å². The number of likely N-dealkylation sites (tertiary alicyclic amines) is 1. The largest absolute Gasteiger partial charge is 0.480 e. The standard InChI is InChI=1S/C24H24N2O3/c27-24(28)22-14-5-7-16-26(22)23(21-13-4-6-15-25-21)18-9-8-12-20(17-18)29-19-10-2-1-3-11-19/h1-4,6,8-13,15,17,22-23H,5,7,14,16H2,(H,27,28). The third kappa shape index (κ3) is 4.46. The molecule has 0 amide bonds. The zero-order chi connectivity index (χ0) is 20.1. The van der Waals surface area contributed by atoms with Gasteiger partial charge in [-0.1, -0.05) is 42.8 Å². The first kappa shape index (κ1) is 19.2. The van der Waals surface area contributed by atoms with E-state index in [2.05, 4.69) is 9.88 Å². The van der Waals surface area contributed by atoms with Gasteiger partial charge in [0.2, 0.25) is 0 Å². The van der Waals surface area contributed by atoms with E-state index in [1.54, 1.807) is 6.20 Å². The lowest BCUT2D eigenvalue weighted by Crippen LogP contribution is -2.47. The number of benzene rings is 2. The zero-order valence-corrected chi connectivity index (χ0v) is 16.1. The number of nitrogens with zero attached hydrogens (tertiary/aromatic N) is 2. The van der Waals surface area contributed by atoms with Crippen LogP contribution in [0.5, 0.6) is 11.5 Å². The number of carboxylic acid groups (broad SMARTS) is 1. The number of ether oxygens (including phenoxy) is 1. The van der Waals surface area contributed by atoms with Crippen LogP contribution in [0.25, 0.3) is 0 Å². The normalized spacial score (nSPS) is 18.1. The number of pyridine rings is 1. The van der Waals surface area contributed by atoms with E-state index >= 15 is 0 Å². The van der Waals surface area contributed by atoms with Gasteiger partial charge in [0, 0.05) is 6.20 Å². The Hall–Kier alpha value is -3.18. The smallest absolute Gasteiger partial charge is 0.320 e. The van der Waals surface area contributed by atoms with Crippen LogP contribution in [0.4, 0.5) is 0 Å². The van der Waals surface area contributed by atoms with Crippen LogP contribution in [-0.4, -0.2) is 33.5 Å². The van der Waals surface area contributed by atoms with Gasteiger partial charge in [-0.15, -0.1) is 0 Å². The number of hydrogen-bond acceptors (Lipinski definition) is 4. The van der Waals surface area contributed by atoms with Gasteiger partial charge in [0.05, 0.1) is 11.7 Å². The van der Waals surface area contributed by atoms with Gasteiger partial charge in [-0.05, 0) is 61.3 Å². The fraction of sp³-hybridized carbons (Fsp3) is 0.250. The van der Waals surface area contributed by atoms with Crippen molar-refractivity contribution >= 4 is 5.97 Å². The lowest BCUT2D eigenvalue weighted by Gasteiger charge is -2.39. The van der Waals surface area contributed by atoms with E-state index in [4.69, 9.17) is 4.74 Å². The van der Waals surface area contributed by atoms with Crippen molar-refractivity contribution in [2.45, 2.75) is 31.3 Å². The molecule has 5 heteroatoms. The molecule has 1 aliphatic heterocycles. The highest BCUT2D eigenvalue weighted by molar-refractivity contribution is 5.73. The highest BCUT2D eigenvalue weighted by Crippen LogP contribution is 2.35. The number of para-hydroxylation sites is 1. The Morgan fingerprint density at radius 1 is 1.00 bits per heavy atom. The van der Waals surface area contributed by atoms with Crippen molar-refractivity contribution in [1.82, 2.24) is 9.88 Å². The maximum atomic E-state index is 12.0. The molecule has 2 heterocycles. The Balaban J connectivity index is 1.72. The van der Waals surface area contributed by atoms with E-state index in [1.807, 2.05) is 72.8 Å². The van der Waals surface area contributed by atoms with Crippen LogP contribution in [0.2, 0.25) is 0 Å². The molecule has 1 fully saturated rings. The fourth-order valence-electron chi connectivity index (χ4n) is 3.97. The molecule has 5 nitrogen and oxygen atoms in total. The predicted molar refractivity (Wildman–Crippen MR) is 111 cm³/mol. The van der Waals surface area contributed by atoms with Gasteiger partial charge in [0.1, 0.15) is 17.5 Å². The van der Waals surface area contributed by atoms with Crippen molar-refractivity contribution in [2.24, 2.45) is 0 Å². The molecule has 148 valence electrons. The molecular formula is C24H24N2O3. The Labute approximate surface area is 170 Å². The number of piperidine rings is 1. The minimum atomic E-state index is -0.776. The second kappa shape index (κ2) is 8.88. The lowest BCUT2D eigenvalue weighted by atomic mass is 9.94. The molecule has 3 aromatic rings. The highest BCUT2D eigenvalue weighted by Gasteiger charge is 2.35. The molecular weight excluding hydrogens is 364 g/mol. The topological polar surface area (TPSA) is 62.7 Å². The molecule has 0 bridgehead atoms. The van der Waals surface area contributed by atoms with Crippen LogP contribution in [-0.2, 0) is 4.79 Å². The molecule has 0 aliphatic carbocycles. The van der Waals surface area contributed by atoms with Crippen molar-refractivity contribution in [2.75, 3.05) is 6.54 Å². The van der Waals surface area contributed by atoms with Crippen molar-refractivity contribution in [3.63, 3.8) is 0 Å². The molecule has 2 atom stereocenters. The summed E-state index contributed by atoms with van der Waals surface area (Å²) in [4.78, 5) is 18.6. The molecule has 0 radical (unpaired) electrons. The summed E-state index contributed by atoms with van der Waals surface area (Å²) in [6.07, 6.45) is 4.32. The molecule has 4 rings (SSSR count). The Morgan fingerprint density at radius 3 is 2.55 bits per heavy atom. The average Bonchev–Trinajstić information content (AvgIpc) is 2.76. The maximum absolute atomic E-state index is 12.0. The van der Waals surface area contributed by atoms with Crippen LogP contribution in [0.3, 0.4) is 0 Å². The Bertz CT molecular complexity index is 947. The zero-order valence-electron chi connectivity index (χ0n) is 16.1. The average molecular weight is 388 g/mol. The number of aliphatic carboxylic acids is 1. The van der Waals surface area contributed by atoms with Gasteiger partial charge >= 0.3 is 5.97 Å². The summed E-state index contributed by atoms with van der Waals surface area (Å²) in [5.74, 6) is 0.709. The second-order valence-corrected chi connectivity index (χ2v) is 7.23. The summed E-state index contributed by atoms with van der Waals surface area (Å²) in [5.41, 5.74) is 1.82. The Morgan fingerprint density at radius 2 is 1.79 bits per heavy atom. The monoisotopic (exact) mass is 388 g/mol. The minimum Gasteiger partial charge on any atom is -0.480 e. The molecule has 1 aromatic heterocycles. The highest BCUT2D eigenvalue weighted by atomic mass is 16.5. The first-order valence-electron chi connectivity index (χ1n) is 9.95. The van der Waals surface area contributed by atoms with Crippen LogP contribution in [0.1, 0.15) is 36.6 Å². The van der Waals surface area contributed by atoms with E-state index < -0.39 is 12.0 Å². The van der Waals surface area contributed by atoms with Crippen LogP contribution in [0.15, 0.2) is 79.0 Å². The van der Waals surface area contributed by atoms with E-state index in [-0.39, 0.29) is 6.04 Å². The second-order valence-electron chi connectivity index (χ2n) is 7.23. The van der Waals surface area contributed by atoms with E-state index in [0.717, 1.165) is 42.1 Å². The summed E-state index contributed by atoms with van der Waals surface area (Å²) in [5, 5.41) is 9.81. The Kier molecular flexibility index (Phi) is 5.86. The SMILES string of the molecule is O=C(O)C1CCCCN1C(c1cccc(Oc2ccccc2)c1)c1ccccn1. The molecule has 29 heavy (non-hydrogen) atoms. The van der Waals surface area contributed by atoms with Crippen molar-refractivity contribution < 1.29 is 14.6 Å². The summed E-state index contributed by atoms with van der Waals surface area (Å²) in [6, 6.07) is 22.5. The van der Waals surface area contributed by atoms with Crippen molar-refractivity contribution in [3.8, 4) is 11.5 Å². The quantitative estimate of drug-likeness (QED) is 0.651. The lowest BCUT2D eigenvalue weighted by molar-refractivity contribution is -0.145. The van der Waals surface area contributed by atoms with Gasteiger partial charge in [-0.3, -0.25) is 14.7 Å². The minimum absolute atomic E-state index is 0.239. The van der Waals surface area contributed by atoms with Gasteiger partial charge in [-0.25, -0.2) is 0 Å². The number of aromatic nitrogens is 1. The predicted octanol–water partition coefficient (Wildman–Crippen LogP) is 4.90. The van der Waals surface area contributed by atoms with Gasteiger partial charge in [-0.2, -0.15) is 0 Å². The van der Waals surface area contributed by atoms with Gasteiger partial charge in [0.15, 0.2) is 0 Å². The summed E-state index contributed by atoms with van der Waals surface area (Å²) in [7, 11) is 0. The number of carboxylic acids is 1. The van der Waals surface area contributed by atoms with E-state index in [1.165, 1.54) is 0 Å². The molecule has 0 saturated carbocycles. The van der Waals surface area contributed by atoms with E-state index in [0.29, 0.717) is 6.42 Å². The van der Waals surface area contributed by atoms with Gasteiger partial charge < -0.3 is 9.84 Å². The molecule has 1 aliphatic rings. The first-order chi connectivity index (χ1) is 14.2. The van der Waals surface area contributed by atoms with E-state index in [9.17, 15) is 9.90 Å². The summed E-state index contributed by atoms with van der Waals surface area (Å²) < 4.78 is 6.01. The molecule has 2 unspecified atom stereocenters. The summed E-state index contributed by atoms with van der Waals surface area (Å²) in [6.45, 7) is 0.724. The van der Waals surface area contributed by atoms with Crippen LogP contribution < -0.4 is 4.74 Å². The first-order valence-corrected chi connectivity index (χ1v) is 9.95. The third-order valence-corrected chi connectivity index (χ3v) is 5.28. The molecule has 1 N–H and O–H groups in total. The van der Waals surface area contributed by atoms with Gasteiger partial charge in [0.25, 0.3) is 0 Å². The maximum Gasteiger partial charge on any atom is 0.320 e.